The first kappa shape index (κ1) is 36.4. The van der Waals surface area contributed by atoms with Gasteiger partial charge in [0, 0.05) is 0 Å². The van der Waals surface area contributed by atoms with Crippen LogP contribution in [-0.2, 0) is 4.74 Å². The minimum absolute atomic E-state index is 0.420. The Morgan fingerprint density at radius 2 is 0.649 bits per heavy atom. The maximum Gasteiger partial charge on any atom is 0.0550 e. The largest absolute Gasteiger partial charge is 0.376 e. The quantitative estimate of drug-likeness (QED) is 0.0678. The molecule has 1 heteroatoms. The number of unbranched alkanes of at least 4 members (excludes halogenated alkanes) is 20. The van der Waals surface area contributed by atoms with Crippen LogP contribution in [0.1, 0.15) is 195 Å². The number of allylic oxidation sites excluding steroid dienone is 4. The van der Waals surface area contributed by atoms with Crippen molar-refractivity contribution in [1.29, 1.82) is 0 Å². The lowest BCUT2D eigenvalue weighted by molar-refractivity contribution is -0.00230. The molecule has 0 aliphatic heterocycles. The highest BCUT2D eigenvalue weighted by Gasteiger charge is 2.08. The van der Waals surface area contributed by atoms with Gasteiger partial charge in [-0.1, -0.05) is 141 Å². The van der Waals surface area contributed by atoms with Gasteiger partial charge >= 0.3 is 0 Å². The lowest BCUT2D eigenvalue weighted by Crippen LogP contribution is -2.17. The molecule has 2 atom stereocenters. The van der Waals surface area contributed by atoms with E-state index in [-0.39, 0.29) is 0 Å². The van der Waals surface area contributed by atoms with E-state index in [0.29, 0.717) is 12.2 Å². The summed E-state index contributed by atoms with van der Waals surface area (Å²) in [7, 11) is 0. The second kappa shape index (κ2) is 31.7. The number of hydrogen-bond acceptors (Lipinski definition) is 1. The van der Waals surface area contributed by atoms with Gasteiger partial charge in [0.1, 0.15) is 0 Å². The summed E-state index contributed by atoms with van der Waals surface area (Å²) in [5.74, 6) is 0. The highest BCUT2D eigenvalue weighted by Crippen LogP contribution is 2.15. The van der Waals surface area contributed by atoms with Gasteiger partial charge in [-0.3, -0.25) is 0 Å². The average molecular weight is 519 g/mol. The average Bonchev–Trinajstić information content (AvgIpc) is 2.89. The van der Waals surface area contributed by atoms with E-state index in [9.17, 15) is 0 Å². The number of hydrogen-bond donors (Lipinski definition) is 0. The number of ether oxygens (including phenoxy) is 1. The lowest BCUT2D eigenvalue weighted by Gasteiger charge is -2.19. The molecule has 0 aromatic rings. The van der Waals surface area contributed by atoms with Crippen LogP contribution in [0.25, 0.3) is 0 Å². The summed E-state index contributed by atoms with van der Waals surface area (Å²) in [4.78, 5) is 0. The predicted octanol–water partition coefficient (Wildman–Crippen LogP) is 13.1. The third-order valence-electron chi connectivity index (χ3n) is 7.71. The van der Waals surface area contributed by atoms with Crippen molar-refractivity contribution in [3.8, 4) is 0 Å². The molecule has 0 amide bonds. The van der Waals surface area contributed by atoms with Gasteiger partial charge in [0.15, 0.2) is 0 Å². The van der Waals surface area contributed by atoms with E-state index in [1.165, 1.54) is 167 Å². The van der Waals surface area contributed by atoms with E-state index in [1.54, 1.807) is 0 Å². The van der Waals surface area contributed by atoms with Crippen molar-refractivity contribution in [1.82, 2.24) is 0 Å². The third-order valence-corrected chi connectivity index (χ3v) is 7.71. The molecule has 2 unspecified atom stereocenters. The molecule has 0 fully saturated rings. The molecule has 0 rings (SSSR count). The molecular formula is C36H70O. The zero-order chi connectivity index (χ0) is 27.1. The summed E-state index contributed by atoms with van der Waals surface area (Å²) in [6, 6.07) is 0. The molecule has 0 spiro atoms. The van der Waals surface area contributed by atoms with Gasteiger partial charge in [0.25, 0.3) is 0 Å². The molecule has 0 aliphatic carbocycles. The Balaban J connectivity index is 3.37. The standard InChI is InChI=1S/C36H70O/c1-5-7-9-11-13-15-17-19-21-23-25-27-29-31-33-35(3)37-36(4)34-32-30-28-26-24-22-20-18-16-14-12-10-8-6-2/h19-22,35-36H,5-18,23-34H2,1-4H3/b21-19-,22-20-. The van der Waals surface area contributed by atoms with E-state index in [2.05, 4.69) is 52.0 Å². The maximum atomic E-state index is 6.25. The van der Waals surface area contributed by atoms with Crippen LogP contribution in [0.5, 0.6) is 0 Å². The molecule has 0 saturated carbocycles. The zero-order valence-electron chi connectivity index (χ0n) is 26.3. The molecule has 1 nitrogen and oxygen atoms in total. The van der Waals surface area contributed by atoms with Crippen LogP contribution in [0.4, 0.5) is 0 Å². The van der Waals surface area contributed by atoms with Crippen molar-refractivity contribution >= 4 is 0 Å². The smallest absolute Gasteiger partial charge is 0.0550 e. The normalized spacial score (nSPS) is 13.7. The first-order valence-electron chi connectivity index (χ1n) is 17.2. The second-order valence-electron chi connectivity index (χ2n) is 11.8. The van der Waals surface area contributed by atoms with Gasteiger partial charge < -0.3 is 4.74 Å². The third kappa shape index (κ3) is 31.6. The van der Waals surface area contributed by atoms with Gasteiger partial charge in [0.05, 0.1) is 12.2 Å². The number of rotatable bonds is 30. The van der Waals surface area contributed by atoms with Crippen LogP contribution in [0.2, 0.25) is 0 Å². The van der Waals surface area contributed by atoms with Crippen molar-refractivity contribution in [2.24, 2.45) is 0 Å². The summed E-state index contributed by atoms with van der Waals surface area (Å²) in [6.45, 7) is 9.13. The Morgan fingerprint density at radius 1 is 0.378 bits per heavy atom. The fourth-order valence-corrected chi connectivity index (χ4v) is 5.18. The van der Waals surface area contributed by atoms with Crippen LogP contribution >= 0.6 is 0 Å². The van der Waals surface area contributed by atoms with Gasteiger partial charge in [-0.05, 0) is 78.1 Å². The van der Waals surface area contributed by atoms with Gasteiger partial charge in [0.2, 0.25) is 0 Å². The molecule has 0 aromatic carbocycles. The minimum atomic E-state index is 0.420. The Kier molecular flexibility index (Phi) is 31.2. The summed E-state index contributed by atoms with van der Waals surface area (Å²) >= 11 is 0. The molecule has 0 saturated heterocycles. The fraction of sp³-hybridized carbons (Fsp3) is 0.889. The van der Waals surface area contributed by atoms with Crippen molar-refractivity contribution in [2.45, 2.75) is 207 Å². The molecule has 0 heterocycles. The molecule has 0 N–H and O–H groups in total. The molecular weight excluding hydrogens is 448 g/mol. The Labute approximate surface area is 235 Å². The SMILES string of the molecule is CCCCCCCC/C=C\CCCCCCC(C)OC(C)CCCCCC/C=C\CCCCCCCC. The van der Waals surface area contributed by atoms with E-state index in [0.717, 1.165) is 0 Å². The van der Waals surface area contributed by atoms with Crippen LogP contribution in [-0.4, -0.2) is 12.2 Å². The molecule has 220 valence electrons. The fourth-order valence-electron chi connectivity index (χ4n) is 5.18. The predicted molar refractivity (Wildman–Crippen MR) is 170 cm³/mol. The van der Waals surface area contributed by atoms with Crippen LogP contribution < -0.4 is 0 Å². The molecule has 37 heavy (non-hydrogen) atoms. The Bertz CT molecular complexity index is 423. The Morgan fingerprint density at radius 3 is 0.973 bits per heavy atom. The van der Waals surface area contributed by atoms with E-state index in [1.807, 2.05) is 0 Å². The van der Waals surface area contributed by atoms with Crippen molar-refractivity contribution in [2.75, 3.05) is 0 Å². The molecule has 0 bridgehead atoms. The van der Waals surface area contributed by atoms with Gasteiger partial charge in [-0.15, -0.1) is 0 Å². The summed E-state index contributed by atoms with van der Waals surface area (Å²) in [5.41, 5.74) is 0. The highest BCUT2D eigenvalue weighted by molar-refractivity contribution is 4.82. The highest BCUT2D eigenvalue weighted by atomic mass is 16.5. The lowest BCUT2D eigenvalue weighted by atomic mass is 10.1. The van der Waals surface area contributed by atoms with E-state index < -0.39 is 0 Å². The zero-order valence-corrected chi connectivity index (χ0v) is 26.3. The topological polar surface area (TPSA) is 9.23 Å². The molecule has 0 radical (unpaired) electrons. The second-order valence-corrected chi connectivity index (χ2v) is 11.8. The van der Waals surface area contributed by atoms with Crippen molar-refractivity contribution < 1.29 is 4.74 Å². The monoisotopic (exact) mass is 519 g/mol. The summed E-state index contributed by atoms with van der Waals surface area (Å²) in [5, 5.41) is 0. The van der Waals surface area contributed by atoms with E-state index >= 15 is 0 Å². The van der Waals surface area contributed by atoms with Crippen LogP contribution in [0.15, 0.2) is 24.3 Å². The van der Waals surface area contributed by atoms with Gasteiger partial charge in [-0.25, -0.2) is 0 Å². The van der Waals surface area contributed by atoms with E-state index in [4.69, 9.17) is 4.74 Å². The van der Waals surface area contributed by atoms with Crippen LogP contribution in [0, 0.1) is 0 Å². The Hall–Kier alpha value is -0.560. The first-order valence-corrected chi connectivity index (χ1v) is 17.2. The molecule has 0 aromatic heterocycles. The maximum absolute atomic E-state index is 6.25. The van der Waals surface area contributed by atoms with Crippen molar-refractivity contribution in [3.05, 3.63) is 24.3 Å². The van der Waals surface area contributed by atoms with Gasteiger partial charge in [-0.2, -0.15) is 0 Å². The van der Waals surface area contributed by atoms with Crippen molar-refractivity contribution in [3.63, 3.8) is 0 Å². The summed E-state index contributed by atoms with van der Waals surface area (Å²) in [6.07, 6.45) is 45.8. The minimum Gasteiger partial charge on any atom is -0.376 e. The van der Waals surface area contributed by atoms with Crippen LogP contribution in [0.3, 0.4) is 0 Å². The first-order chi connectivity index (χ1) is 18.2. The molecule has 0 aliphatic rings. The summed E-state index contributed by atoms with van der Waals surface area (Å²) < 4.78 is 6.25.